The van der Waals surface area contributed by atoms with Crippen LogP contribution in [0.15, 0.2) is 82.3 Å². The number of carbonyl (C=O) groups is 1. The molecule has 3 rings (SSSR count). The largest absolute Gasteiger partial charge is 0.493 e. The van der Waals surface area contributed by atoms with Crippen molar-refractivity contribution >= 4 is 28.1 Å². The molecule has 0 aliphatic heterocycles. The molecule has 3 aromatic rings. The van der Waals surface area contributed by atoms with E-state index in [1.807, 2.05) is 72.8 Å². The van der Waals surface area contributed by atoms with E-state index < -0.39 is 12.0 Å². The zero-order valence-electron chi connectivity index (χ0n) is 17.5. The third kappa shape index (κ3) is 6.43. The van der Waals surface area contributed by atoms with Gasteiger partial charge in [-0.25, -0.2) is 4.79 Å². The number of nitrogens with zero attached hydrogens (tertiary/aromatic N) is 1. The number of ether oxygens (including phenoxy) is 3. The van der Waals surface area contributed by atoms with E-state index in [0.29, 0.717) is 24.5 Å². The first-order valence-electron chi connectivity index (χ1n) is 9.80. The Bertz CT molecular complexity index is 1020. The van der Waals surface area contributed by atoms with Crippen LogP contribution in [0, 0.1) is 0 Å². The third-order valence-electron chi connectivity index (χ3n) is 4.66. The van der Waals surface area contributed by atoms with Crippen LogP contribution in [0.3, 0.4) is 0 Å². The molecule has 3 aromatic carbocycles. The van der Waals surface area contributed by atoms with E-state index in [0.717, 1.165) is 21.2 Å². The standard InChI is InChI=1S/C25H24BrNO4/c1-29-23-15-21(26)20(14-24(23)31-17-19-11-7-4-8-12-19)13-22(25(28)30-2)27-16-18-9-5-3-6-10-18/h3-12,14-16,22H,13,17H2,1-2H3. The number of hydrogen-bond donors (Lipinski definition) is 0. The minimum absolute atomic E-state index is 0.349. The number of hydrogen-bond acceptors (Lipinski definition) is 5. The number of rotatable bonds is 9. The molecule has 1 atom stereocenters. The van der Waals surface area contributed by atoms with Gasteiger partial charge in [-0.2, -0.15) is 0 Å². The van der Waals surface area contributed by atoms with Gasteiger partial charge < -0.3 is 14.2 Å². The van der Waals surface area contributed by atoms with Crippen LogP contribution < -0.4 is 9.47 Å². The highest BCUT2D eigenvalue weighted by Crippen LogP contribution is 2.35. The highest BCUT2D eigenvalue weighted by molar-refractivity contribution is 9.10. The van der Waals surface area contributed by atoms with E-state index in [-0.39, 0.29) is 0 Å². The van der Waals surface area contributed by atoms with Gasteiger partial charge in [-0.3, -0.25) is 4.99 Å². The van der Waals surface area contributed by atoms with Gasteiger partial charge >= 0.3 is 5.97 Å². The Morgan fingerprint density at radius 2 is 1.68 bits per heavy atom. The molecule has 0 N–H and O–H groups in total. The molecule has 5 nitrogen and oxygen atoms in total. The normalized spacial score (nSPS) is 11.8. The Morgan fingerprint density at radius 1 is 1.00 bits per heavy atom. The van der Waals surface area contributed by atoms with Gasteiger partial charge in [-0.05, 0) is 28.8 Å². The summed E-state index contributed by atoms with van der Waals surface area (Å²) >= 11 is 3.57. The second-order valence-electron chi connectivity index (χ2n) is 6.80. The molecular weight excluding hydrogens is 458 g/mol. The van der Waals surface area contributed by atoms with Crippen molar-refractivity contribution in [1.82, 2.24) is 0 Å². The summed E-state index contributed by atoms with van der Waals surface area (Å²) < 4.78 is 17.3. The molecule has 0 spiro atoms. The molecule has 0 heterocycles. The quantitative estimate of drug-likeness (QED) is 0.309. The van der Waals surface area contributed by atoms with Crippen molar-refractivity contribution in [3.05, 3.63) is 94.0 Å². The summed E-state index contributed by atoms with van der Waals surface area (Å²) in [5, 5.41) is 0. The van der Waals surface area contributed by atoms with Crippen LogP contribution in [0.1, 0.15) is 16.7 Å². The van der Waals surface area contributed by atoms with Gasteiger partial charge in [0.2, 0.25) is 0 Å². The monoisotopic (exact) mass is 481 g/mol. The molecule has 0 bridgehead atoms. The Hall–Kier alpha value is -3.12. The molecule has 0 aliphatic carbocycles. The molecule has 0 fully saturated rings. The van der Waals surface area contributed by atoms with Crippen LogP contribution in [-0.2, 0) is 22.6 Å². The molecular formula is C25H24BrNO4. The zero-order valence-corrected chi connectivity index (χ0v) is 19.0. The summed E-state index contributed by atoms with van der Waals surface area (Å²) in [5.41, 5.74) is 2.83. The average molecular weight is 482 g/mol. The lowest BCUT2D eigenvalue weighted by molar-refractivity contribution is -0.142. The molecule has 0 saturated heterocycles. The predicted molar refractivity (Wildman–Crippen MR) is 125 cm³/mol. The first-order chi connectivity index (χ1) is 15.1. The van der Waals surface area contributed by atoms with Crippen molar-refractivity contribution in [2.75, 3.05) is 14.2 Å². The van der Waals surface area contributed by atoms with Crippen LogP contribution in [0.2, 0.25) is 0 Å². The second-order valence-corrected chi connectivity index (χ2v) is 7.66. The van der Waals surface area contributed by atoms with Gasteiger partial charge in [0.25, 0.3) is 0 Å². The van der Waals surface area contributed by atoms with Crippen LogP contribution in [0.4, 0.5) is 0 Å². The summed E-state index contributed by atoms with van der Waals surface area (Å²) in [6.07, 6.45) is 2.04. The van der Waals surface area contributed by atoms with Gasteiger partial charge in [-0.1, -0.05) is 76.6 Å². The number of esters is 1. The molecule has 1 unspecified atom stereocenters. The first-order valence-corrected chi connectivity index (χ1v) is 10.6. The maximum absolute atomic E-state index is 12.4. The summed E-state index contributed by atoms with van der Waals surface area (Å²) in [4.78, 5) is 16.8. The smallest absolute Gasteiger partial charge is 0.330 e. The lowest BCUT2D eigenvalue weighted by Crippen LogP contribution is -2.23. The zero-order chi connectivity index (χ0) is 22.1. The first kappa shape index (κ1) is 22.6. The maximum Gasteiger partial charge on any atom is 0.330 e. The molecule has 0 saturated carbocycles. The topological polar surface area (TPSA) is 57.1 Å². The minimum Gasteiger partial charge on any atom is -0.493 e. The van der Waals surface area contributed by atoms with Gasteiger partial charge in [0, 0.05) is 17.1 Å². The summed E-state index contributed by atoms with van der Waals surface area (Å²) in [6, 6.07) is 22.6. The fourth-order valence-electron chi connectivity index (χ4n) is 3.00. The number of halogens is 1. The third-order valence-corrected chi connectivity index (χ3v) is 5.40. The fraction of sp³-hybridized carbons (Fsp3) is 0.200. The number of carbonyl (C=O) groups excluding carboxylic acids is 1. The Labute approximate surface area is 190 Å². The van der Waals surface area contributed by atoms with Crippen molar-refractivity contribution < 1.29 is 19.0 Å². The summed E-state index contributed by atoms with van der Waals surface area (Å²) in [5.74, 6) is 0.802. The van der Waals surface area contributed by atoms with Crippen molar-refractivity contribution in [2.45, 2.75) is 19.1 Å². The number of benzene rings is 3. The predicted octanol–water partition coefficient (Wildman–Crippen LogP) is 5.24. The molecule has 0 radical (unpaired) electrons. The van der Waals surface area contributed by atoms with Crippen LogP contribution in [-0.4, -0.2) is 32.4 Å². The van der Waals surface area contributed by atoms with Crippen molar-refractivity contribution in [3.63, 3.8) is 0 Å². The van der Waals surface area contributed by atoms with Crippen LogP contribution >= 0.6 is 15.9 Å². The maximum atomic E-state index is 12.4. The average Bonchev–Trinajstić information content (AvgIpc) is 2.82. The van der Waals surface area contributed by atoms with Crippen LogP contribution in [0.5, 0.6) is 11.5 Å². The minimum atomic E-state index is -0.683. The van der Waals surface area contributed by atoms with Gasteiger partial charge in [0.15, 0.2) is 17.5 Å². The summed E-state index contributed by atoms with van der Waals surface area (Å²) in [6.45, 7) is 0.408. The highest BCUT2D eigenvalue weighted by Gasteiger charge is 2.21. The van der Waals surface area contributed by atoms with E-state index in [1.54, 1.807) is 13.3 Å². The van der Waals surface area contributed by atoms with E-state index >= 15 is 0 Å². The van der Waals surface area contributed by atoms with E-state index in [4.69, 9.17) is 14.2 Å². The van der Waals surface area contributed by atoms with E-state index in [2.05, 4.69) is 20.9 Å². The Morgan fingerprint density at radius 3 is 2.32 bits per heavy atom. The number of methoxy groups -OCH3 is 2. The molecule has 0 amide bonds. The van der Waals surface area contributed by atoms with Crippen LogP contribution in [0.25, 0.3) is 0 Å². The Kier molecular flexibility index (Phi) is 8.24. The number of aliphatic imine (C=N–C) groups is 1. The lowest BCUT2D eigenvalue weighted by Gasteiger charge is -2.16. The van der Waals surface area contributed by atoms with Crippen molar-refractivity contribution in [3.8, 4) is 11.5 Å². The van der Waals surface area contributed by atoms with E-state index in [1.165, 1.54) is 7.11 Å². The van der Waals surface area contributed by atoms with Gasteiger partial charge in [-0.15, -0.1) is 0 Å². The second kappa shape index (κ2) is 11.3. The highest BCUT2D eigenvalue weighted by atomic mass is 79.9. The molecule has 160 valence electrons. The molecule has 0 aromatic heterocycles. The molecule has 6 heteroatoms. The molecule has 0 aliphatic rings. The van der Waals surface area contributed by atoms with Gasteiger partial charge in [0.1, 0.15) is 6.61 Å². The Balaban J connectivity index is 1.83. The van der Waals surface area contributed by atoms with Gasteiger partial charge in [0.05, 0.1) is 14.2 Å². The van der Waals surface area contributed by atoms with E-state index in [9.17, 15) is 4.79 Å². The summed E-state index contributed by atoms with van der Waals surface area (Å²) in [7, 11) is 2.96. The van der Waals surface area contributed by atoms with Crippen molar-refractivity contribution in [1.29, 1.82) is 0 Å². The lowest BCUT2D eigenvalue weighted by atomic mass is 10.1. The molecule has 31 heavy (non-hydrogen) atoms. The fourth-order valence-corrected chi connectivity index (χ4v) is 3.48. The van der Waals surface area contributed by atoms with Crippen molar-refractivity contribution in [2.24, 2.45) is 4.99 Å². The SMILES string of the molecule is COC(=O)C(Cc1cc(OCc2ccccc2)c(OC)cc1Br)N=Cc1ccccc1.